The normalized spacial score (nSPS) is 10.6. The van der Waals surface area contributed by atoms with Crippen LogP contribution in [0.2, 0.25) is 0 Å². The summed E-state index contributed by atoms with van der Waals surface area (Å²) in [6, 6.07) is 0. The minimum Gasteiger partial charge on any atom is -0.445 e. The van der Waals surface area contributed by atoms with Crippen molar-refractivity contribution in [2.24, 2.45) is 0 Å². The maximum atomic E-state index is 11.5. The SMILES string of the molecule is CCCCCCCCCCCCCCCCCC(=O)NCOC(C)=O. The maximum Gasteiger partial charge on any atom is 0.304 e. The Morgan fingerprint density at radius 2 is 1.08 bits per heavy atom. The molecule has 0 aromatic rings. The molecule has 0 saturated carbocycles. The van der Waals surface area contributed by atoms with Gasteiger partial charge in [0.15, 0.2) is 6.73 Å². The molecule has 0 spiro atoms. The van der Waals surface area contributed by atoms with Crippen LogP contribution < -0.4 is 5.32 Å². The second-order valence-corrected chi connectivity index (χ2v) is 7.08. The average Bonchev–Trinajstić information content (AvgIpc) is 2.58. The van der Waals surface area contributed by atoms with E-state index in [9.17, 15) is 9.59 Å². The molecular formula is C21H41NO3. The zero-order valence-electron chi connectivity index (χ0n) is 16.7. The summed E-state index contributed by atoms with van der Waals surface area (Å²) in [6.07, 6.45) is 20.4. The Kier molecular flexibility index (Phi) is 18.5. The largest absolute Gasteiger partial charge is 0.445 e. The fraction of sp³-hybridized carbons (Fsp3) is 0.905. The molecule has 0 fully saturated rings. The van der Waals surface area contributed by atoms with Crippen LogP contribution in [-0.2, 0) is 14.3 Å². The van der Waals surface area contributed by atoms with Crippen LogP contribution in [0.15, 0.2) is 0 Å². The number of esters is 1. The molecule has 0 aliphatic heterocycles. The Morgan fingerprint density at radius 1 is 0.680 bits per heavy atom. The molecule has 0 unspecified atom stereocenters. The number of unbranched alkanes of at least 4 members (excludes halogenated alkanes) is 14. The molecule has 0 aliphatic rings. The lowest BCUT2D eigenvalue weighted by molar-refractivity contribution is -0.142. The zero-order chi connectivity index (χ0) is 18.6. The summed E-state index contributed by atoms with van der Waals surface area (Å²) in [5.74, 6) is -0.400. The van der Waals surface area contributed by atoms with Gasteiger partial charge in [-0.05, 0) is 6.42 Å². The van der Waals surface area contributed by atoms with Gasteiger partial charge in [0.2, 0.25) is 5.91 Å². The van der Waals surface area contributed by atoms with Gasteiger partial charge in [-0.2, -0.15) is 0 Å². The molecule has 0 aliphatic carbocycles. The first-order chi connectivity index (χ1) is 12.2. The van der Waals surface area contributed by atoms with Crippen molar-refractivity contribution in [2.75, 3.05) is 6.73 Å². The molecule has 0 aromatic heterocycles. The fourth-order valence-corrected chi connectivity index (χ4v) is 2.96. The predicted molar refractivity (Wildman–Crippen MR) is 104 cm³/mol. The standard InChI is InChI=1S/C21H41NO3/c1-3-4-5-6-7-8-9-10-11-12-13-14-15-16-17-18-21(24)22-19-25-20(2)23/h3-19H2,1-2H3,(H,22,24). The summed E-state index contributed by atoms with van der Waals surface area (Å²) >= 11 is 0. The van der Waals surface area contributed by atoms with Gasteiger partial charge in [-0.25, -0.2) is 0 Å². The van der Waals surface area contributed by atoms with E-state index < -0.39 is 0 Å². The highest BCUT2D eigenvalue weighted by Gasteiger charge is 2.01. The minimum atomic E-state index is -0.368. The van der Waals surface area contributed by atoms with E-state index in [1.807, 2.05) is 0 Å². The number of carbonyl (C=O) groups is 2. The van der Waals surface area contributed by atoms with Crippen LogP contribution in [0.3, 0.4) is 0 Å². The summed E-state index contributed by atoms with van der Waals surface area (Å²) in [5.41, 5.74) is 0. The van der Waals surface area contributed by atoms with Crippen molar-refractivity contribution in [3.63, 3.8) is 0 Å². The number of carbonyl (C=O) groups excluding carboxylic acids is 2. The van der Waals surface area contributed by atoms with Crippen LogP contribution in [-0.4, -0.2) is 18.6 Å². The molecule has 0 bridgehead atoms. The van der Waals surface area contributed by atoms with Crippen molar-refractivity contribution in [1.29, 1.82) is 0 Å². The fourth-order valence-electron chi connectivity index (χ4n) is 2.96. The monoisotopic (exact) mass is 355 g/mol. The Labute approximate surface area is 155 Å². The van der Waals surface area contributed by atoms with Crippen molar-refractivity contribution in [3.05, 3.63) is 0 Å². The first kappa shape index (κ1) is 23.9. The van der Waals surface area contributed by atoms with Crippen molar-refractivity contribution >= 4 is 11.9 Å². The quantitative estimate of drug-likeness (QED) is 0.190. The highest BCUT2D eigenvalue weighted by Crippen LogP contribution is 2.13. The van der Waals surface area contributed by atoms with E-state index in [2.05, 4.69) is 17.0 Å². The molecule has 0 saturated heterocycles. The van der Waals surface area contributed by atoms with Gasteiger partial charge >= 0.3 is 5.97 Å². The molecule has 0 radical (unpaired) electrons. The van der Waals surface area contributed by atoms with Crippen LogP contribution in [0, 0.1) is 0 Å². The van der Waals surface area contributed by atoms with Crippen molar-refractivity contribution in [3.8, 4) is 0 Å². The topological polar surface area (TPSA) is 55.4 Å². The van der Waals surface area contributed by atoms with E-state index in [0.29, 0.717) is 6.42 Å². The van der Waals surface area contributed by atoms with E-state index >= 15 is 0 Å². The van der Waals surface area contributed by atoms with Crippen molar-refractivity contribution in [2.45, 2.75) is 117 Å². The van der Waals surface area contributed by atoms with E-state index in [-0.39, 0.29) is 18.6 Å². The van der Waals surface area contributed by atoms with Gasteiger partial charge in [-0.3, -0.25) is 9.59 Å². The van der Waals surface area contributed by atoms with Gasteiger partial charge in [0, 0.05) is 13.3 Å². The molecule has 25 heavy (non-hydrogen) atoms. The number of ether oxygens (including phenoxy) is 1. The average molecular weight is 356 g/mol. The number of hydrogen-bond donors (Lipinski definition) is 1. The molecule has 0 heterocycles. The lowest BCUT2D eigenvalue weighted by Crippen LogP contribution is -2.26. The summed E-state index contributed by atoms with van der Waals surface area (Å²) in [6.45, 7) is 3.60. The van der Waals surface area contributed by atoms with Gasteiger partial charge in [0.05, 0.1) is 0 Å². The van der Waals surface area contributed by atoms with Crippen molar-refractivity contribution < 1.29 is 14.3 Å². The first-order valence-corrected chi connectivity index (χ1v) is 10.6. The number of amides is 1. The van der Waals surface area contributed by atoms with Crippen LogP contribution in [0.5, 0.6) is 0 Å². The summed E-state index contributed by atoms with van der Waals surface area (Å²) in [5, 5.41) is 2.58. The van der Waals surface area contributed by atoms with E-state index in [0.717, 1.165) is 12.8 Å². The molecule has 1 N–H and O–H groups in total. The Morgan fingerprint density at radius 3 is 1.48 bits per heavy atom. The van der Waals surface area contributed by atoms with Crippen LogP contribution in [0.4, 0.5) is 0 Å². The Hall–Kier alpha value is -1.06. The second-order valence-electron chi connectivity index (χ2n) is 7.08. The highest BCUT2D eigenvalue weighted by atomic mass is 16.5. The third kappa shape index (κ3) is 20.9. The summed E-state index contributed by atoms with van der Waals surface area (Å²) < 4.78 is 4.67. The van der Waals surface area contributed by atoms with E-state index in [4.69, 9.17) is 0 Å². The number of nitrogens with one attached hydrogen (secondary N) is 1. The predicted octanol–water partition coefficient (Wildman–Crippen LogP) is 5.88. The minimum absolute atomic E-state index is 0.00704. The van der Waals surface area contributed by atoms with Gasteiger partial charge < -0.3 is 10.1 Å². The highest BCUT2D eigenvalue weighted by molar-refractivity contribution is 5.76. The van der Waals surface area contributed by atoms with Gasteiger partial charge in [-0.1, -0.05) is 96.8 Å². The van der Waals surface area contributed by atoms with E-state index in [1.54, 1.807) is 0 Å². The number of hydrogen-bond acceptors (Lipinski definition) is 3. The lowest BCUT2D eigenvalue weighted by Gasteiger charge is -2.05. The molecular weight excluding hydrogens is 314 g/mol. The van der Waals surface area contributed by atoms with Crippen molar-refractivity contribution in [1.82, 2.24) is 5.32 Å². The lowest BCUT2D eigenvalue weighted by atomic mass is 10.0. The van der Waals surface area contributed by atoms with Crippen LogP contribution >= 0.6 is 0 Å². The molecule has 4 heteroatoms. The smallest absolute Gasteiger partial charge is 0.304 e. The van der Waals surface area contributed by atoms with E-state index in [1.165, 1.54) is 90.4 Å². The second kappa shape index (κ2) is 19.3. The molecule has 4 nitrogen and oxygen atoms in total. The molecule has 0 rings (SSSR count). The Balaban J connectivity index is 3.11. The molecule has 148 valence electrons. The van der Waals surface area contributed by atoms with Gasteiger partial charge in [-0.15, -0.1) is 0 Å². The third-order valence-electron chi connectivity index (χ3n) is 4.55. The maximum absolute atomic E-state index is 11.5. The Bertz CT molecular complexity index is 318. The zero-order valence-corrected chi connectivity index (χ0v) is 16.7. The molecule has 0 atom stereocenters. The summed E-state index contributed by atoms with van der Waals surface area (Å²) in [7, 11) is 0. The third-order valence-corrected chi connectivity index (χ3v) is 4.55. The first-order valence-electron chi connectivity index (χ1n) is 10.6. The van der Waals surface area contributed by atoms with Gasteiger partial charge in [0.1, 0.15) is 0 Å². The molecule has 0 aromatic carbocycles. The summed E-state index contributed by atoms with van der Waals surface area (Å²) in [4.78, 5) is 22.0. The van der Waals surface area contributed by atoms with Gasteiger partial charge in [0.25, 0.3) is 0 Å². The number of rotatable bonds is 18. The van der Waals surface area contributed by atoms with Crippen LogP contribution in [0.25, 0.3) is 0 Å². The van der Waals surface area contributed by atoms with Crippen LogP contribution in [0.1, 0.15) is 117 Å². The molecule has 1 amide bonds.